The van der Waals surface area contributed by atoms with E-state index in [-0.39, 0.29) is 11.9 Å². The lowest BCUT2D eigenvalue weighted by Gasteiger charge is -2.28. The Kier molecular flexibility index (Phi) is 6.34. The Morgan fingerprint density at radius 1 is 1.17 bits per heavy atom. The highest BCUT2D eigenvalue weighted by atomic mass is 19.1. The van der Waals surface area contributed by atoms with E-state index in [2.05, 4.69) is 26.1 Å². The first kappa shape index (κ1) is 15.2. The van der Waals surface area contributed by atoms with Gasteiger partial charge in [-0.15, -0.1) is 0 Å². The topological polar surface area (TPSA) is 12.0 Å². The van der Waals surface area contributed by atoms with Crippen LogP contribution in [0, 0.1) is 18.7 Å². The van der Waals surface area contributed by atoms with Gasteiger partial charge in [-0.3, -0.25) is 0 Å². The van der Waals surface area contributed by atoms with E-state index >= 15 is 0 Å². The quantitative estimate of drug-likeness (QED) is 0.746. The lowest BCUT2D eigenvalue weighted by atomic mass is 9.84. The van der Waals surface area contributed by atoms with Crippen molar-refractivity contribution in [3.05, 3.63) is 35.1 Å². The summed E-state index contributed by atoms with van der Waals surface area (Å²) in [5.74, 6) is 0.452. The van der Waals surface area contributed by atoms with Crippen molar-refractivity contribution >= 4 is 0 Å². The maximum atomic E-state index is 13.5. The first-order valence-corrected chi connectivity index (χ1v) is 7.07. The van der Waals surface area contributed by atoms with Crippen LogP contribution in [0.4, 0.5) is 4.39 Å². The van der Waals surface area contributed by atoms with Gasteiger partial charge in [0, 0.05) is 6.04 Å². The van der Waals surface area contributed by atoms with Crippen molar-refractivity contribution in [3.8, 4) is 0 Å². The summed E-state index contributed by atoms with van der Waals surface area (Å²) < 4.78 is 13.5. The molecule has 1 rings (SSSR count). The van der Waals surface area contributed by atoms with Gasteiger partial charge >= 0.3 is 0 Å². The van der Waals surface area contributed by atoms with E-state index in [9.17, 15) is 4.39 Å². The summed E-state index contributed by atoms with van der Waals surface area (Å²) >= 11 is 0. The lowest BCUT2D eigenvalue weighted by molar-refractivity contribution is 0.329. The van der Waals surface area contributed by atoms with E-state index in [1.54, 1.807) is 12.1 Å². The second-order valence-corrected chi connectivity index (χ2v) is 5.10. The second kappa shape index (κ2) is 7.52. The fourth-order valence-electron chi connectivity index (χ4n) is 2.81. The second-order valence-electron chi connectivity index (χ2n) is 5.10. The lowest BCUT2D eigenvalue weighted by Crippen LogP contribution is -2.26. The van der Waals surface area contributed by atoms with Gasteiger partial charge in [0.25, 0.3) is 0 Å². The predicted molar refractivity (Wildman–Crippen MR) is 76.2 cm³/mol. The third-order valence-corrected chi connectivity index (χ3v) is 3.68. The van der Waals surface area contributed by atoms with Crippen molar-refractivity contribution in [3.63, 3.8) is 0 Å². The number of nitrogens with one attached hydrogen (secondary N) is 1. The van der Waals surface area contributed by atoms with E-state index in [1.807, 2.05) is 13.1 Å². The Bertz CT molecular complexity index is 356. The van der Waals surface area contributed by atoms with Gasteiger partial charge in [0.15, 0.2) is 0 Å². The van der Waals surface area contributed by atoms with Crippen LogP contribution >= 0.6 is 0 Å². The Morgan fingerprint density at radius 3 is 2.28 bits per heavy atom. The van der Waals surface area contributed by atoms with Gasteiger partial charge in [-0.1, -0.05) is 32.8 Å². The van der Waals surface area contributed by atoms with Crippen LogP contribution in [0.1, 0.15) is 56.7 Å². The van der Waals surface area contributed by atoms with Crippen LogP contribution in [-0.4, -0.2) is 7.05 Å². The smallest absolute Gasteiger partial charge is 0.123 e. The van der Waals surface area contributed by atoms with Crippen LogP contribution in [0.5, 0.6) is 0 Å². The Morgan fingerprint density at radius 2 is 1.78 bits per heavy atom. The molecule has 0 aliphatic carbocycles. The molecule has 1 unspecified atom stereocenters. The standard InChI is InChI=1S/C16H26FN/c1-5-7-13(8-6-2)16(18-4)15-11-14(17)10-9-12(15)3/h9-11,13,16,18H,5-8H2,1-4H3. The molecule has 0 fully saturated rings. The highest BCUT2D eigenvalue weighted by Crippen LogP contribution is 2.31. The fraction of sp³-hybridized carbons (Fsp3) is 0.625. The number of aryl methyl sites for hydroxylation is 1. The van der Waals surface area contributed by atoms with Crippen molar-refractivity contribution in [2.75, 3.05) is 7.05 Å². The molecule has 1 aromatic carbocycles. The Balaban J connectivity index is 3.01. The molecule has 1 N–H and O–H groups in total. The van der Waals surface area contributed by atoms with Gasteiger partial charge in [-0.05, 0) is 56.0 Å². The first-order valence-electron chi connectivity index (χ1n) is 7.07. The summed E-state index contributed by atoms with van der Waals surface area (Å²) in [5, 5.41) is 3.39. The minimum Gasteiger partial charge on any atom is -0.313 e. The van der Waals surface area contributed by atoms with E-state index in [0.29, 0.717) is 5.92 Å². The maximum Gasteiger partial charge on any atom is 0.123 e. The van der Waals surface area contributed by atoms with Crippen molar-refractivity contribution in [1.29, 1.82) is 0 Å². The van der Waals surface area contributed by atoms with E-state index < -0.39 is 0 Å². The van der Waals surface area contributed by atoms with Crippen molar-refractivity contribution < 1.29 is 4.39 Å². The maximum absolute atomic E-state index is 13.5. The minimum atomic E-state index is -0.136. The first-order chi connectivity index (χ1) is 8.63. The van der Waals surface area contributed by atoms with Crippen LogP contribution in [0.2, 0.25) is 0 Å². The number of hydrogen-bond donors (Lipinski definition) is 1. The summed E-state index contributed by atoms with van der Waals surface area (Å²) in [5.41, 5.74) is 2.29. The van der Waals surface area contributed by atoms with Gasteiger partial charge < -0.3 is 5.32 Å². The molecule has 0 spiro atoms. The molecule has 0 bridgehead atoms. The average Bonchev–Trinajstić information content (AvgIpc) is 2.35. The van der Waals surface area contributed by atoms with Crippen LogP contribution in [0.25, 0.3) is 0 Å². The molecule has 0 aliphatic rings. The zero-order valence-electron chi connectivity index (χ0n) is 12.1. The van der Waals surface area contributed by atoms with Gasteiger partial charge in [-0.25, -0.2) is 4.39 Å². The summed E-state index contributed by atoms with van der Waals surface area (Å²) in [4.78, 5) is 0. The third-order valence-electron chi connectivity index (χ3n) is 3.68. The minimum absolute atomic E-state index is 0.136. The molecule has 1 atom stereocenters. The molecule has 0 radical (unpaired) electrons. The molecule has 102 valence electrons. The number of hydrogen-bond acceptors (Lipinski definition) is 1. The van der Waals surface area contributed by atoms with Gasteiger partial charge in [0.05, 0.1) is 0 Å². The molecule has 0 saturated heterocycles. The van der Waals surface area contributed by atoms with Crippen molar-refractivity contribution in [2.45, 2.75) is 52.5 Å². The molecule has 0 saturated carbocycles. The Labute approximate surface area is 111 Å². The summed E-state index contributed by atoms with van der Waals surface area (Å²) in [6, 6.07) is 5.37. The predicted octanol–water partition coefficient (Wildman–Crippen LogP) is 4.61. The molecule has 1 nitrogen and oxygen atoms in total. The highest BCUT2D eigenvalue weighted by Gasteiger charge is 2.22. The van der Waals surface area contributed by atoms with Crippen LogP contribution in [-0.2, 0) is 0 Å². The van der Waals surface area contributed by atoms with Gasteiger partial charge in [0.1, 0.15) is 5.82 Å². The summed E-state index contributed by atoms with van der Waals surface area (Å²) in [7, 11) is 1.98. The molecule has 2 heteroatoms. The zero-order valence-corrected chi connectivity index (χ0v) is 12.1. The fourth-order valence-corrected chi connectivity index (χ4v) is 2.81. The molecule has 0 heterocycles. The molecule has 1 aromatic rings. The van der Waals surface area contributed by atoms with E-state index in [0.717, 1.165) is 5.56 Å². The molecule has 18 heavy (non-hydrogen) atoms. The molecular formula is C16H26FN. The highest BCUT2D eigenvalue weighted by molar-refractivity contribution is 5.30. The largest absolute Gasteiger partial charge is 0.313 e. The molecule has 0 amide bonds. The van der Waals surface area contributed by atoms with Crippen LogP contribution in [0.3, 0.4) is 0 Å². The number of halogens is 1. The van der Waals surface area contributed by atoms with Crippen molar-refractivity contribution in [2.24, 2.45) is 5.92 Å². The number of benzene rings is 1. The monoisotopic (exact) mass is 251 g/mol. The summed E-state index contributed by atoms with van der Waals surface area (Å²) in [6.07, 6.45) is 4.74. The van der Waals surface area contributed by atoms with Gasteiger partial charge in [-0.2, -0.15) is 0 Å². The SMILES string of the molecule is CCCC(CCC)C(NC)c1cc(F)ccc1C. The van der Waals surface area contributed by atoms with Gasteiger partial charge in [0.2, 0.25) is 0 Å². The molecule has 0 aromatic heterocycles. The van der Waals surface area contributed by atoms with Crippen LogP contribution < -0.4 is 5.32 Å². The van der Waals surface area contributed by atoms with Crippen LogP contribution in [0.15, 0.2) is 18.2 Å². The average molecular weight is 251 g/mol. The number of rotatable bonds is 7. The van der Waals surface area contributed by atoms with E-state index in [4.69, 9.17) is 0 Å². The van der Waals surface area contributed by atoms with Crippen molar-refractivity contribution in [1.82, 2.24) is 5.32 Å². The zero-order chi connectivity index (χ0) is 13.5. The third kappa shape index (κ3) is 3.81. The Hall–Kier alpha value is -0.890. The molecular weight excluding hydrogens is 225 g/mol. The van der Waals surface area contributed by atoms with E-state index in [1.165, 1.54) is 31.2 Å². The molecule has 0 aliphatic heterocycles. The summed E-state index contributed by atoms with van der Waals surface area (Å²) in [6.45, 7) is 6.50. The normalized spacial score (nSPS) is 13.0.